The van der Waals surface area contributed by atoms with Gasteiger partial charge in [0.05, 0.1) is 23.2 Å². The van der Waals surface area contributed by atoms with Crippen LogP contribution in [0.25, 0.3) is 0 Å². The number of unbranched alkanes of at least 4 members (excludes halogenated alkanes) is 8. The summed E-state index contributed by atoms with van der Waals surface area (Å²) in [6.07, 6.45) is 10.7. The fourth-order valence-corrected chi connectivity index (χ4v) is 4.25. The molecule has 0 amide bonds. The zero-order valence-electron chi connectivity index (χ0n) is 23.9. The summed E-state index contributed by atoms with van der Waals surface area (Å²) in [5, 5.41) is 11.6. The number of benzene rings is 3. The molecule has 0 saturated heterocycles. The molecule has 0 aromatic heterocycles. The van der Waals surface area contributed by atoms with Crippen molar-refractivity contribution >= 4 is 11.7 Å². The minimum Gasteiger partial charge on any atom is -0.490 e. The molecule has 3 aromatic carbocycles. The van der Waals surface area contributed by atoms with E-state index in [-0.39, 0.29) is 24.7 Å². The molecule has 8 heteroatoms. The minimum absolute atomic E-state index is 0.00422. The predicted molar refractivity (Wildman–Crippen MR) is 159 cm³/mol. The lowest BCUT2D eigenvalue weighted by Gasteiger charge is -2.10. The summed E-state index contributed by atoms with van der Waals surface area (Å²) in [6.45, 7) is 3.14. The summed E-state index contributed by atoms with van der Waals surface area (Å²) in [6, 6.07) is 21.0. The summed E-state index contributed by atoms with van der Waals surface area (Å²) < 4.78 is 22.3. The van der Waals surface area contributed by atoms with Crippen molar-refractivity contribution in [2.75, 3.05) is 19.8 Å². The molecule has 0 bridgehead atoms. The van der Waals surface area contributed by atoms with E-state index >= 15 is 0 Å². The number of nitro groups is 1. The van der Waals surface area contributed by atoms with Crippen molar-refractivity contribution in [1.82, 2.24) is 0 Å². The Morgan fingerprint density at radius 1 is 0.707 bits per heavy atom. The number of nitrogens with zero attached hydrogens (tertiary/aromatic N) is 1. The van der Waals surface area contributed by atoms with Crippen LogP contribution in [0.4, 0.5) is 5.69 Å². The van der Waals surface area contributed by atoms with Gasteiger partial charge in [-0.2, -0.15) is 0 Å². The number of hydrogen-bond acceptors (Lipinski definition) is 7. The molecular weight excluding hydrogens is 522 g/mol. The summed E-state index contributed by atoms with van der Waals surface area (Å²) in [5.74, 6) is 0.693. The van der Waals surface area contributed by atoms with Gasteiger partial charge >= 0.3 is 11.7 Å². The van der Waals surface area contributed by atoms with E-state index in [1.54, 1.807) is 36.4 Å². The fraction of sp³-hybridized carbons (Fsp3) is 0.424. The highest BCUT2D eigenvalue weighted by molar-refractivity contribution is 5.89. The molecule has 0 radical (unpaired) electrons. The van der Waals surface area contributed by atoms with Gasteiger partial charge < -0.3 is 18.9 Å². The molecule has 0 aliphatic carbocycles. The van der Waals surface area contributed by atoms with E-state index in [9.17, 15) is 14.9 Å². The Balaban J connectivity index is 1.34. The molecule has 0 aliphatic heterocycles. The topological polar surface area (TPSA) is 97.1 Å². The second-order valence-electron chi connectivity index (χ2n) is 9.85. The van der Waals surface area contributed by atoms with Gasteiger partial charge in [0.2, 0.25) is 0 Å². The molecule has 0 atom stereocenters. The maximum absolute atomic E-state index is 12.3. The van der Waals surface area contributed by atoms with Crippen molar-refractivity contribution in [2.24, 2.45) is 0 Å². The summed E-state index contributed by atoms with van der Waals surface area (Å²) >= 11 is 0. The number of carbonyl (C=O) groups excluding carboxylic acids is 1. The van der Waals surface area contributed by atoms with Crippen LogP contribution in [0.5, 0.6) is 17.2 Å². The first-order valence-electron chi connectivity index (χ1n) is 14.5. The standard InChI is InChI=1S/C33H41NO7/c1-2-3-4-5-6-7-8-9-13-22-39-32-21-20-30(25-31(32)34(36)37)38-23-24-40-33(35)28-16-18-29(19-17-28)41-26-27-14-11-10-12-15-27/h10-12,14-21,25H,2-9,13,22-24,26H2,1H3. The number of nitro benzene ring substituents is 1. The molecule has 0 fully saturated rings. The van der Waals surface area contributed by atoms with Crippen LogP contribution in [0.1, 0.15) is 80.6 Å². The molecule has 0 N–H and O–H groups in total. The lowest BCUT2D eigenvalue weighted by Crippen LogP contribution is -2.12. The average Bonchev–Trinajstić information content (AvgIpc) is 3.00. The Kier molecular flexibility index (Phi) is 14.0. The molecule has 41 heavy (non-hydrogen) atoms. The van der Waals surface area contributed by atoms with Gasteiger partial charge in [-0.25, -0.2) is 4.79 Å². The lowest BCUT2D eigenvalue weighted by molar-refractivity contribution is -0.386. The van der Waals surface area contributed by atoms with Crippen molar-refractivity contribution in [3.8, 4) is 17.2 Å². The summed E-state index contributed by atoms with van der Waals surface area (Å²) in [4.78, 5) is 23.4. The first kappa shape index (κ1) is 31.5. The Hall–Kier alpha value is -4.07. The van der Waals surface area contributed by atoms with Gasteiger partial charge in [0.15, 0.2) is 5.75 Å². The van der Waals surface area contributed by atoms with Crippen LogP contribution in [-0.4, -0.2) is 30.7 Å². The molecule has 3 aromatic rings. The smallest absolute Gasteiger partial charge is 0.338 e. The maximum atomic E-state index is 12.3. The van der Waals surface area contributed by atoms with Crippen LogP contribution >= 0.6 is 0 Å². The molecular formula is C33H41NO7. The van der Waals surface area contributed by atoms with Crippen molar-refractivity contribution in [1.29, 1.82) is 0 Å². The Morgan fingerprint density at radius 3 is 2.05 bits per heavy atom. The molecule has 3 rings (SSSR count). The van der Waals surface area contributed by atoms with E-state index < -0.39 is 10.9 Å². The average molecular weight is 564 g/mol. The first-order valence-corrected chi connectivity index (χ1v) is 14.5. The third-order valence-electron chi connectivity index (χ3n) is 6.56. The van der Waals surface area contributed by atoms with Gasteiger partial charge in [0, 0.05) is 0 Å². The molecule has 0 heterocycles. The van der Waals surface area contributed by atoms with E-state index in [0.29, 0.717) is 30.3 Å². The van der Waals surface area contributed by atoms with Crippen molar-refractivity contribution < 1.29 is 28.7 Å². The number of esters is 1. The quantitative estimate of drug-likeness (QED) is 0.0590. The van der Waals surface area contributed by atoms with E-state index in [0.717, 1.165) is 24.8 Å². The third kappa shape index (κ3) is 11.9. The normalized spacial score (nSPS) is 10.7. The van der Waals surface area contributed by atoms with Crippen LogP contribution in [-0.2, 0) is 11.3 Å². The molecule has 0 aliphatic rings. The zero-order valence-corrected chi connectivity index (χ0v) is 23.9. The van der Waals surface area contributed by atoms with E-state index in [4.69, 9.17) is 18.9 Å². The van der Waals surface area contributed by atoms with Crippen molar-refractivity contribution in [3.05, 3.63) is 94.0 Å². The number of hydrogen-bond donors (Lipinski definition) is 0. The van der Waals surface area contributed by atoms with Crippen LogP contribution in [0, 0.1) is 10.1 Å². The van der Waals surface area contributed by atoms with Gasteiger partial charge in [-0.1, -0.05) is 88.6 Å². The maximum Gasteiger partial charge on any atom is 0.338 e. The second-order valence-corrected chi connectivity index (χ2v) is 9.85. The highest BCUT2D eigenvalue weighted by atomic mass is 16.6. The van der Waals surface area contributed by atoms with Gasteiger partial charge in [-0.3, -0.25) is 10.1 Å². The molecule has 0 spiro atoms. The van der Waals surface area contributed by atoms with Gasteiger partial charge in [0.25, 0.3) is 0 Å². The van der Waals surface area contributed by atoms with Crippen LogP contribution in [0.15, 0.2) is 72.8 Å². The summed E-state index contributed by atoms with van der Waals surface area (Å²) in [5.41, 5.74) is 1.30. The highest BCUT2D eigenvalue weighted by Gasteiger charge is 2.17. The van der Waals surface area contributed by atoms with E-state index in [1.807, 2.05) is 30.3 Å². The Morgan fingerprint density at radius 2 is 1.37 bits per heavy atom. The number of rotatable bonds is 20. The molecule has 0 saturated carbocycles. The number of ether oxygens (including phenoxy) is 4. The zero-order chi connectivity index (χ0) is 29.1. The van der Waals surface area contributed by atoms with Crippen LogP contribution < -0.4 is 14.2 Å². The second kappa shape index (κ2) is 18.3. The largest absolute Gasteiger partial charge is 0.490 e. The molecule has 220 valence electrons. The van der Waals surface area contributed by atoms with Crippen LogP contribution in [0.2, 0.25) is 0 Å². The third-order valence-corrected chi connectivity index (χ3v) is 6.56. The predicted octanol–water partition coefficient (Wildman–Crippen LogP) is 8.32. The van der Waals surface area contributed by atoms with E-state index in [2.05, 4.69) is 6.92 Å². The SMILES string of the molecule is CCCCCCCCCCCOc1ccc(OCCOC(=O)c2ccc(OCc3ccccc3)cc2)cc1[N+](=O)[O-]. The Labute approximate surface area is 242 Å². The molecule has 8 nitrogen and oxygen atoms in total. The minimum atomic E-state index is -0.491. The number of carbonyl (C=O) groups is 1. The van der Waals surface area contributed by atoms with Gasteiger partial charge in [-0.05, 0) is 48.4 Å². The summed E-state index contributed by atoms with van der Waals surface area (Å²) in [7, 11) is 0. The van der Waals surface area contributed by atoms with Crippen molar-refractivity contribution in [2.45, 2.75) is 71.3 Å². The van der Waals surface area contributed by atoms with E-state index in [1.165, 1.54) is 44.6 Å². The lowest BCUT2D eigenvalue weighted by atomic mass is 10.1. The van der Waals surface area contributed by atoms with Crippen LogP contribution in [0.3, 0.4) is 0 Å². The van der Waals surface area contributed by atoms with Crippen molar-refractivity contribution in [3.63, 3.8) is 0 Å². The Bertz CT molecular complexity index is 1180. The van der Waals surface area contributed by atoms with Gasteiger partial charge in [-0.15, -0.1) is 0 Å². The monoisotopic (exact) mass is 563 g/mol. The first-order chi connectivity index (χ1) is 20.1. The van der Waals surface area contributed by atoms with Gasteiger partial charge in [0.1, 0.15) is 31.3 Å². The highest BCUT2D eigenvalue weighted by Crippen LogP contribution is 2.31. The fourth-order valence-electron chi connectivity index (χ4n) is 4.25. The molecule has 0 unspecified atom stereocenters.